The van der Waals surface area contributed by atoms with Crippen LogP contribution in [0.1, 0.15) is 29.8 Å². The van der Waals surface area contributed by atoms with Gasteiger partial charge in [-0.15, -0.1) is 0 Å². The molecule has 1 heterocycles. The number of sulfonamides is 1. The third kappa shape index (κ3) is 5.90. The minimum atomic E-state index is -3.90. The quantitative estimate of drug-likeness (QED) is 0.391. The first-order valence-electron chi connectivity index (χ1n) is 9.78. The second-order valence-corrected chi connectivity index (χ2v) is 8.97. The maximum absolute atomic E-state index is 12.5. The Morgan fingerprint density at radius 3 is 2.45 bits per heavy atom. The maximum atomic E-state index is 12.5. The van der Waals surface area contributed by atoms with Gasteiger partial charge in [0, 0.05) is 28.1 Å². The number of Topliss-reactive ketones (excluding diaryl/α,β-unsaturated/α-hetero) is 1. The summed E-state index contributed by atoms with van der Waals surface area (Å²) in [5.41, 5.74) is 1.92. The molecule has 1 aromatic heterocycles. The molecule has 2 N–H and O–H groups in total. The number of benzene rings is 2. The van der Waals surface area contributed by atoms with Gasteiger partial charge in [0.15, 0.2) is 6.61 Å². The molecule has 0 unspecified atom stereocenters. The zero-order chi connectivity index (χ0) is 22.4. The molecule has 0 saturated heterocycles. The van der Waals surface area contributed by atoms with E-state index in [0.29, 0.717) is 11.1 Å². The Morgan fingerprint density at radius 1 is 1.06 bits per heavy atom. The molecule has 0 bridgehead atoms. The van der Waals surface area contributed by atoms with E-state index in [4.69, 9.17) is 4.74 Å². The molecule has 0 aliphatic rings. The van der Waals surface area contributed by atoms with Crippen molar-refractivity contribution in [2.24, 2.45) is 5.92 Å². The average molecular weight is 441 g/mol. The number of fused-ring (bicyclic) bond motifs is 1. The number of aromatic nitrogens is 1. The van der Waals surface area contributed by atoms with Gasteiger partial charge in [-0.1, -0.05) is 62.4 Å². The Kier molecular flexibility index (Phi) is 7.04. The van der Waals surface area contributed by atoms with E-state index in [1.165, 1.54) is 6.08 Å². The van der Waals surface area contributed by atoms with Gasteiger partial charge < -0.3 is 9.72 Å². The van der Waals surface area contributed by atoms with Crippen LogP contribution in [0.5, 0.6) is 0 Å². The van der Waals surface area contributed by atoms with E-state index in [1.807, 2.05) is 24.3 Å². The molecule has 3 aromatic rings. The minimum Gasteiger partial charge on any atom is -0.456 e. The Labute approximate surface area is 181 Å². The molecule has 31 heavy (non-hydrogen) atoms. The molecule has 0 aliphatic carbocycles. The standard InChI is InChI=1S/C23H24N2O5S/c1-16(2)22(25-31(28,29)13-12-17-8-4-3-5-9-17)23(27)30-15-21(26)19-14-24-20-11-7-6-10-18(19)20/h3-14,16,22,24-25H,15H2,1-2H3/b13-12+/t22-/m0/s1. The lowest BCUT2D eigenvalue weighted by atomic mass is 10.1. The van der Waals surface area contributed by atoms with E-state index in [-0.39, 0.29) is 11.7 Å². The van der Waals surface area contributed by atoms with E-state index in [1.54, 1.807) is 50.4 Å². The predicted molar refractivity (Wildman–Crippen MR) is 120 cm³/mol. The number of para-hydroxylation sites is 1. The molecule has 0 aliphatic heterocycles. The summed E-state index contributed by atoms with van der Waals surface area (Å²) in [5, 5.41) is 1.73. The Balaban J connectivity index is 1.65. The van der Waals surface area contributed by atoms with Crippen LogP contribution in [0.25, 0.3) is 17.0 Å². The van der Waals surface area contributed by atoms with Crippen LogP contribution in [0, 0.1) is 5.92 Å². The first-order valence-corrected chi connectivity index (χ1v) is 11.3. The lowest BCUT2D eigenvalue weighted by Crippen LogP contribution is -2.44. The highest BCUT2D eigenvalue weighted by molar-refractivity contribution is 7.92. The van der Waals surface area contributed by atoms with Gasteiger partial charge in [0.1, 0.15) is 6.04 Å². The van der Waals surface area contributed by atoms with Gasteiger partial charge in [-0.3, -0.25) is 9.59 Å². The largest absolute Gasteiger partial charge is 0.456 e. The predicted octanol–water partition coefficient (Wildman–Crippen LogP) is 3.51. The monoisotopic (exact) mass is 440 g/mol. The summed E-state index contributed by atoms with van der Waals surface area (Å²) in [5.74, 6) is -1.56. The number of rotatable bonds is 9. The molecular formula is C23H24N2O5S. The summed E-state index contributed by atoms with van der Waals surface area (Å²) in [6, 6.07) is 15.1. The molecule has 2 aromatic carbocycles. The zero-order valence-corrected chi connectivity index (χ0v) is 18.1. The number of carbonyl (C=O) groups excluding carboxylic acids is 2. The first-order chi connectivity index (χ1) is 14.8. The third-order valence-corrected chi connectivity index (χ3v) is 5.76. The Morgan fingerprint density at radius 2 is 1.74 bits per heavy atom. The van der Waals surface area contributed by atoms with Crippen LogP contribution >= 0.6 is 0 Å². The van der Waals surface area contributed by atoms with Crippen molar-refractivity contribution in [2.75, 3.05) is 6.61 Å². The number of carbonyl (C=O) groups is 2. The van der Waals surface area contributed by atoms with Gasteiger partial charge in [0.05, 0.1) is 0 Å². The van der Waals surface area contributed by atoms with Crippen molar-refractivity contribution >= 4 is 38.8 Å². The van der Waals surface area contributed by atoms with Crippen molar-refractivity contribution in [3.8, 4) is 0 Å². The number of hydrogen-bond donors (Lipinski definition) is 2. The highest BCUT2D eigenvalue weighted by Crippen LogP contribution is 2.18. The second-order valence-electron chi connectivity index (χ2n) is 7.38. The van der Waals surface area contributed by atoms with E-state index in [0.717, 1.165) is 16.3 Å². The van der Waals surface area contributed by atoms with Crippen molar-refractivity contribution in [3.05, 3.63) is 77.3 Å². The van der Waals surface area contributed by atoms with Crippen LogP contribution in [-0.4, -0.2) is 37.8 Å². The maximum Gasteiger partial charge on any atom is 0.324 e. The summed E-state index contributed by atoms with van der Waals surface area (Å²) < 4.78 is 32.3. The molecule has 0 spiro atoms. The first kappa shape index (κ1) is 22.5. The molecule has 0 amide bonds. The van der Waals surface area contributed by atoms with Crippen molar-refractivity contribution in [1.82, 2.24) is 9.71 Å². The lowest BCUT2D eigenvalue weighted by Gasteiger charge is -2.19. The van der Waals surface area contributed by atoms with Gasteiger partial charge in [-0.25, -0.2) is 8.42 Å². The number of esters is 1. The second kappa shape index (κ2) is 9.72. The van der Waals surface area contributed by atoms with Crippen molar-refractivity contribution in [1.29, 1.82) is 0 Å². The number of ketones is 1. The molecule has 0 radical (unpaired) electrons. The summed E-state index contributed by atoms with van der Waals surface area (Å²) in [6.45, 7) is 2.90. The van der Waals surface area contributed by atoms with Crippen molar-refractivity contribution in [2.45, 2.75) is 19.9 Å². The fourth-order valence-electron chi connectivity index (χ4n) is 3.01. The summed E-state index contributed by atoms with van der Waals surface area (Å²) >= 11 is 0. The fraction of sp³-hybridized carbons (Fsp3) is 0.217. The van der Waals surface area contributed by atoms with Gasteiger partial charge in [-0.05, 0) is 23.6 Å². The molecule has 0 fully saturated rings. The third-order valence-electron chi connectivity index (χ3n) is 4.69. The van der Waals surface area contributed by atoms with E-state index < -0.39 is 28.6 Å². The van der Waals surface area contributed by atoms with Crippen LogP contribution in [-0.2, 0) is 19.6 Å². The normalized spacial score (nSPS) is 13.0. The number of nitrogens with one attached hydrogen (secondary N) is 2. The average Bonchev–Trinajstić information content (AvgIpc) is 3.19. The van der Waals surface area contributed by atoms with Crippen LogP contribution in [0.3, 0.4) is 0 Å². The van der Waals surface area contributed by atoms with E-state index in [2.05, 4.69) is 9.71 Å². The van der Waals surface area contributed by atoms with Gasteiger partial charge >= 0.3 is 5.97 Å². The molecule has 162 valence electrons. The van der Waals surface area contributed by atoms with Crippen LogP contribution < -0.4 is 4.72 Å². The molecule has 0 saturated carbocycles. The van der Waals surface area contributed by atoms with Gasteiger partial charge in [0.2, 0.25) is 15.8 Å². The summed E-state index contributed by atoms with van der Waals surface area (Å²) in [4.78, 5) is 28.1. The minimum absolute atomic E-state index is 0.375. The van der Waals surface area contributed by atoms with E-state index >= 15 is 0 Å². The molecule has 7 nitrogen and oxygen atoms in total. The van der Waals surface area contributed by atoms with E-state index in [9.17, 15) is 18.0 Å². The Hall–Kier alpha value is -3.23. The van der Waals surface area contributed by atoms with Crippen LogP contribution in [0.2, 0.25) is 0 Å². The number of ether oxygens (including phenoxy) is 1. The van der Waals surface area contributed by atoms with Gasteiger partial charge in [-0.2, -0.15) is 4.72 Å². The SMILES string of the molecule is CC(C)[C@H](NS(=O)(=O)/C=C/c1ccccc1)C(=O)OCC(=O)c1c[nH]c2ccccc12. The number of H-pyrrole nitrogens is 1. The van der Waals surface area contributed by atoms with Crippen LogP contribution in [0.15, 0.2) is 66.2 Å². The summed E-state index contributed by atoms with van der Waals surface area (Å²) in [7, 11) is -3.90. The summed E-state index contributed by atoms with van der Waals surface area (Å²) in [6.07, 6.45) is 3.00. The molecular weight excluding hydrogens is 416 g/mol. The van der Waals surface area contributed by atoms with Crippen molar-refractivity contribution in [3.63, 3.8) is 0 Å². The molecule has 8 heteroatoms. The lowest BCUT2D eigenvalue weighted by molar-refractivity contribution is -0.145. The highest BCUT2D eigenvalue weighted by atomic mass is 32.2. The van der Waals surface area contributed by atoms with Gasteiger partial charge in [0.25, 0.3) is 0 Å². The highest BCUT2D eigenvalue weighted by Gasteiger charge is 2.28. The molecule has 3 rings (SSSR count). The van der Waals surface area contributed by atoms with Crippen LogP contribution in [0.4, 0.5) is 0 Å². The Bertz CT molecular complexity index is 1200. The number of hydrogen-bond acceptors (Lipinski definition) is 5. The van der Waals surface area contributed by atoms with Crippen molar-refractivity contribution < 1.29 is 22.7 Å². The zero-order valence-electron chi connectivity index (χ0n) is 17.2. The topological polar surface area (TPSA) is 105 Å². The number of aromatic amines is 1. The smallest absolute Gasteiger partial charge is 0.324 e. The fourth-order valence-corrected chi connectivity index (χ4v) is 4.15. The molecule has 1 atom stereocenters.